The number of nitrogens with one attached hydrogen (secondary N) is 1. The molecule has 0 aliphatic heterocycles. The zero-order valence-electron chi connectivity index (χ0n) is 10.4. The molecule has 1 nitrogen and oxygen atoms in total. The molecule has 0 aromatic heterocycles. The molecule has 0 saturated heterocycles. The molecule has 0 saturated carbocycles. The van der Waals surface area contributed by atoms with Crippen LogP contribution in [0.15, 0.2) is 41.3 Å². The van der Waals surface area contributed by atoms with E-state index >= 15 is 0 Å². The standard InChI is InChI=1S/C14H21NS/c1-4-5-10-16-14-8-6-13(7-9-14)11-15-12(2)3/h4-9,12,15H,10-11H2,1-3H3/b5-4+. The summed E-state index contributed by atoms with van der Waals surface area (Å²) >= 11 is 1.87. The average molecular weight is 235 g/mol. The molecule has 88 valence electrons. The minimum absolute atomic E-state index is 0.545. The Balaban J connectivity index is 2.41. The largest absolute Gasteiger partial charge is 0.310 e. The second kappa shape index (κ2) is 7.53. The van der Waals surface area contributed by atoms with Crippen LogP contribution < -0.4 is 5.32 Å². The van der Waals surface area contributed by atoms with Crippen LogP contribution in [-0.2, 0) is 6.54 Å². The second-order valence-corrected chi connectivity index (χ2v) is 5.15. The average Bonchev–Trinajstić information content (AvgIpc) is 2.28. The maximum absolute atomic E-state index is 3.42. The van der Waals surface area contributed by atoms with Gasteiger partial charge < -0.3 is 5.32 Å². The van der Waals surface area contributed by atoms with Crippen molar-refractivity contribution >= 4 is 11.8 Å². The van der Waals surface area contributed by atoms with Crippen molar-refractivity contribution in [3.63, 3.8) is 0 Å². The highest BCUT2D eigenvalue weighted by Gasteiger charge is 1.96. The molecule has 16 heavy (non-hydrogen) atoms. The Kier molecular flexibility index (Phi) is 6.27. The lowest BCUT2D eigenvalue weighted by atomic mass is 10.2. The summed E-state index contributed by atoms with van der Waals surface area (Å²) in [6, 6.07) is 9.35. The van der Waals surface area contributed by atoms with Crippen LogP contribution in [0.3, 0.4) is 0 Å². The Hall–Kier alpha value is -0.730. The van der Waals surface area contributed by atoms with Crippen molar-refractivity contribution in [1.29, 1.82) is 0 Å². The minimum atomic E-state index is 0.545. The van der Waals surface area contributed by atoms with Gasteiger partial charge in [-0.1, -0.05) is 38.1 Å². The predicted molar refractivity (Wildman–Crippen MR) is 74.0 cm³/mol. The van der Waals surface area contributed by atoms with Gasteiger partial charge in [0.2, 0.25) is 0 Å². The van der Waals surface area contributed by atoms with Gasteiger partial charge in [-0.15, -0.1) is 11.8 Å². The van der Waals surface area contributed by atoms with Gasteiger partial charge in [0.05, 0.1) is 0 Å². The molecule has 0 fully saturated rings. The summed E-state index contributed by atoms with van der Waals surface area (Å²) < 4.78 is 0. The SMILES string of the molecule is C/C=C/CSc1ccc(CNC(C)C)cc1. The predicted octanol–water partition coefficient (Wildman–Crippen LogP) is 3.85. The van der Waals surface area contributed by atoms with Gasteiger partial charge in [-0.2, -0.15) is 0 Å². The number of allylic oxidation sites excluding steroid dienone is 1. The van der Waals surface area contributed by atoms with E-state index in [4.69, 9.17) is 0 Å². The number of hydrogen-bond acceptors (Lipinski definition) is 2. The van der Waals surface area contributed by atoms with Gasteiger partial charge in [0.1, 0.15) is 0 Å². The van der Waals surface area contributed by atoms with Crippen LogP contribution in [0.4, 0.5) is 0 Å². The first-order valence-corrected chi connectivity index (χ1v) is 6.77. The molecule has 0 radical (unpaired) electrons. The van der Waals surface area contributed by atoms with E-state index in [1.165, 1.54) is 10.5 Å². The summed E-state index contributed by atoms with van der Waals surface area (Å²) in [6.45, 7) is 7.35. The van der Waals surface area contributed by atoms with Crippen LogP contribution >= 0.6 is 11.8 Å². The molecule has 0 unspecified atom stereocenters. The molecule has 0 amide bonds. The third-order valence-electron chi connectivity index (χ3n) is 2.22. The van der Waals surface area contributed by atoms with E-state index in [0.29, 0.717) is 6.04 Å². The number of rotatable bonds is 6. The Bertz CT molecular complexity index is 314. The van der Waals surface area contributed by atoms with Crippen molar-refractivity contribution in [1.82, 2.24) is 5.32 Å². The molecule has 0 aliphatic rings. The molecule has 1 N–H and O–H groups in total. The molecule has 1 aromatic carbocycles. The van der Waals surface area contributed by atoms with Gasteiger partial charge in [-0.3, -0.25) is 0 Å². The fourth-order valence-corrected chi connectivity index (χ4v) is 2.08. The van der Waals surface area contributed by atoms with E-state index in [1.807, 2.05) is 11.8 Å². The molecule has 0 atom stereocenters. The first-order valence-electron chi connectivity index (χ1n) is 5.78. The van der Waals surface area contributed by atoms with Crippen LogP contribution in [0.25, 0.3) is 0 Å². The van der Waals surface area contributed by atoms with Gasteiger partial charge in [0, 0.05) is 23.2 Å². The van der Waals surface area contributed by atoms with Crippen LogP contribution in [0, 0.1) is 0 Å². The van der Waals surface area contributed by atoms with Gasteiger partial charge in [0.15, 0.2) is 0 Å². The zero-order chi connectivity index (χ0) is 11.8. The Morgan fingerprint density at radius 2 is 1.94 bits per heavy atom. The smallest absolute Gasteiger partial charge is 0.0207 e. The molecule has 1 aromatic rings. The van der Waals surface area contributed by atoms with E-state index < -0.39 is 0 Å². The molecule has 0 bridgehead atoms. The van der Waals surface area contributed by atoms with E-state index in [-0.39, 0.29) is 0 Å². The molecular formula is C14H21NS. The van der Waals surface area contributed by atoms with Gasteiger partial charge in [-0.05, 0) is 24.6 Å². The van der Waals surface area contributed by atoms with Crippen LogP contribution in [0.1, 0.15) is 26.3 Å². The summed E-state index contributed by atoms with van der Waals surface area (Å²) in [5.74, 6) is 1.06. The summed E-state index contributed by atoms with van der Waals surface area (Å²) in [5, 5.41) is 3.42. The third kappa shape index (κ3) is 5.38. The number of thioether (sulfide) groups is 1. The number of hydrogen-bond donors (Lipinski definition) is 1. The van der Waals surface area contributed by atoms with Gasteiger partial charge >= 0.3 is 0 Å². The summed E-state index contributed by atoms with van der Waals surface area (Å²) in [6.07, 6.45) is 4.27. The Morgan fingerprint density at radius 1 is 1.25 bits per heavy atom. The molecular weight excluding hydrogens is 214 g/mol. The molecule has 1 rings (SSSR count). The first-order chi connectivity index (χ1) is 7.72. The quantitative estimate of drug-likeness (QED) is 0.593. The lowest BCUT2D eigenvalue weighted by Gasteiger charge is -2.08. The first kappa shape index (κ1) is 13.3. The van der Waals surface area contributed by atoms with E-state index in [1.54, 1.807) is 0 Å². The summed E-state index contributed by atoms with van der Waals surface area (Å²) in [5.41, 5.74) is 1.35. The highest BCUT2D eigenvalue weighted by atomic mass is 32.2. The van der Waals surface area contributed by atoms with Gasteiger partial charge in [0.25, 0.3) is 0 Å². The fourth-order valence-electron chi connectivity index (χ4n) is 1.27. The van der Waals surface area contributed by atoms with E-state index in [2.05, 4.69) is 62.5 Å². The van der Waals surface area contributed by atoms with Crippen LogP contribution in [0.5, 0.6) is 0 Å². The fraction of sp³-hybridized carbons (Fsp3) is 0.429. The Morgan fingerprint density at radius 3 is 2.50 bits per heavy atom. The highest BCUT2D eigenvalue weighted by Crippen LogP contribution is 2.18. The summed E-state index contributed by atoms with van der Waals surface area (Å²) in [4.78, 5) is 1.34. The van der Waals surface area contributed by atoms with Crippen LogP contribution in [-0.4, -0.2) is 11.8 Å². The maximum atomic E-state index is 3.42. The van der Waals surface area contributed by atoms with E-state index in [0.717, 1.165) is 12.3 Å². The van der Waals surface area contributed by atoms with Crippen molar-refractivity contribution < 1.29 is 0 Å². The highest BCUT2D eigenvalue weighted by molar-refractivity contribution is 7.99. The molecule has 0 heterocycles. The van der Waals surface area contributed by atoms with E-state index in [9.17, 15) is 0 Å². The van der Waals surface area contributed by atoms with Crippen LogP contribution in [0.2, 0.25) is 0 Å². The lowest BCUT2D eigenvalue weighted by molar-refractivity contribution is 0.588. The maximum Gasteiger partial charge on any atom is 0.0207 e. The topological polar surface area (TPSA) is 12.0 Å². The van der Waals surface area contributed by atoms with Crippen molar-refractivity contribution in [2.75, 3.05) is 5.75 Å². The monoisotopic (exact) mass is 235 g/mol. The molecule has 0 aliphatic carbocycles. The third-order valence-corrected chi connectivity index (χ3v) is 3.18. The van der Waals surface area contributed by atoms with Crippen molar-refractivity contribution in [3.05, 3.63) is 42.0 Å². The molecule has 0 spiro atoms. The van der Waals surface area contributed by atoms with Crippen molar-refractivity contribution in [2.24, 2.45) is 0 Å². The molecule has 2 heteroatoms. The van der Waals surface area contributed by atoms with Crippen molar-refractivity contribution in [3.8, 4) is 0 Å². The lowest BCUT2D eigenvalue weighted by Crippen LogP contribution is -2.21. The summed E-state index contributed by atoms with van der Waals surface area (Å²) in [7, 11) is 0. The second-order valence-electron chi connectivity index (χ2n) is 4.06. The number of benzene rings is 1. The Labute approximate surface area is 103 Å². The zero-order valence-corrected chi connectivity index (χ0v) is 11.2. The van der Waals surface area contributed by atoms with Crippen molar-refractivity contribution in [2.45, 2.75) is 38.3 Å². The normalized spacial score (nSPS) is 11.5. The van der Waals surface area contributed by atoms with Gasteiger partial charge in [-0.25, -0.2) is 0 Å². The minimum Gasteiger partial charge on any atom is -0.310 e.